The maximum absolute atomic E-state index is 13.1. The summed E-state index contributed by atoms with van der Waals surface area (Å²) >= 11 is 0. The number of aliphatic hydroxyl groups excluding tert-OH is 1. The molecule has 44 heavy (non-hydrogen) atoms. The van der Waals surface area contributed by atoms with Crippen molar-refractivity contribution in [2.75, 3.05) is 24.5 Å². The number of carboxylic acids is 1. The first-order chi connectivity index (χ1) is 20.7. The molecule has 232 valence electrons. The minimum atomic E-state index is -3.86. The van der Waals surface area contributed by atoms with Crippen LogP contribution in [0.2, 0.25) is 0 Å². The second kappa shape index (κ2) is 14.3. The highest BCUT2D eigenvalue weighted by molar-refractivity contribution is 7.92. The summed E-state index contributed by atoms with van der Waals surface area (Å²) in [6.07, 6.45) is -1.01. The second-order valence-corrected chi connectivity index (χ2v) is 11.7. The third-order valence-electron chi connectivity index (χ3n) is 6.92. The van der Waals surface area contributed by atoms with E-state index in [0.29, 0.717) is 36.0 Å². The van der Waals surface area contributed by atoms with Gasteiger partial charge in [-0.3, -0.25) is 4.72 Å². The zero-order chi connectivity index (χ0) is 30.4. The van der Waals surface area contributed by atoms with Crippen LogP contribution in [0.1, 0.15) is 31.6 Å². The second-order valence-electron chi connectivity index (χ2n) is 10.1. The van der Waals surface area contributed by atoms with Gasteiger partial charge in [-0.1, -0.05) is 49.9 Å². The van der Waals surface area contributed by atoms with Crippen LogP contribution < -0.4 is 24.2 Å². The largest absolute Gasteiger partial charge is 0.492 e. The number of fused-ring (bicyclic) bond motifs is 4. The van der Waals surface area contributed by atoms with E-state index in [1.165, 1.54) is 6.07 Å². The smallest absolute Gasteiger partial charge is 0.341 e. The van der Waals surface area contributed by atoms with E-state index in [-0.39, 0.29) is 24.6 Å². The maximum Gasteiger partial charge on any atom is 0.341 e. The molecule has 1 heterocycles. The van der Waals surface area contributed by atoms with Crippen molar-refractivity contribution in [2.45, 2.75) is 38.0 Å². The summed E-state index contributed by atoms with van der Waals surface area (Å²) in [6.45, 7) is 2.43. The fraction of sp³-hybridized carbons (Fsp3) is 0.242. The number of aliphatic hydroxyl groups is 1. The van der Waals surface area contributed by atoms with Crippen molar-refractivity contribution >= 4 is 21.7 Å². The summed E-state index contributed by atoms with van der Waals surface area (Å²) in [7, 11) is -3.86. The van der Waals surface area contributed by atoms with Crippen LogP contribution in [0, 0.1) is 0 Å². The molecule has 4 N–H and O–H groups in total. The summed E-state index contributed by atoms with van der Waals surface area (Å²) < 4.78 is 45.6. The lowest BCUT2D eigenvalue weighted by atomic mass is 10.0. The van der Waals surface area contributed by atoms with Crippen molar-refractivity contribution in [1.82, 2.24) is 5.32 Å². The molecule has 2 atom stereocenters. The summed E-state index contributed by atoms with van der Waals surface area (Å²) in [5.74, 6) is 0.621. The third kappa shape index (κ3) is 8.07. The molecule has 0 radical (unpaired) electrons. The number of carbonyl (C=O) groups is 1. The van der Waals surface area contributed by atoms with E-state index in [0.717, 1.165) is 16.7 Å². The van der Waals surface area contributed by atoms with E-state index in [2.05, 4.69) is 10.0 Å². The zero-order valence-electron chi connectivity index (χ0n) is 23.4. The molecular formula is C33H36N2O8S. The molecule has 0 saturated heterocycles. The molecule has 10 nitrogen and oxygen atoms in total. The molecule has 0 spiro atoms. The molecule has 0 unspecified atom stereocenters. The van der Waals surface area contributed by atoms with Gasteiger partial charge in [-0.25, -0.2) is 13.2 Å². The maximum atomic E-state index is 13.1. The number of rotatable bonds is 11. The van der Waals surface area contributed by atoms with Crippen molar-refractivity contribution in [1.29, 1.82) is 0 Å². The van der Waals surface area contributed by atoms with E-state index in [9.17, 15) is 18.3 Å². The van der Waals surface area contributed by atoms with Gasteiger partial charge in [0.2, 0.25) is 0 Å². The van der Waals surface area contributed by atoms with Gasteiger partial charge in [-0.15, -0.1) is 0 Å². The third-order valence-corrected chi connectivity index (χ3v) is 8.28. The molecule has 11 heteroatoms. The van der Waals surface area contributed by atoms with Crippen molar-refractivity contribution in [3.05, 3.63) is 102 Å². The highest BCUT2D eigenvalue weighted by Crippen LogP contribution is 2.33. The quantitative estimate of drug-likeness (QED) is 0.166. The van der Waals surface area contributed by atoms with Crippen LogP contribution in [0.15, 0.2) is 95.9 Å². The molecule has 0 aromatic heterocycles. The Morgan fingerprint density at radius 2 is 1.61 bits per heavy atom. The van der Waals surface area contributed by atoms with Gasteiger partial charge in [0.15, 0.2) is 6.61 Å². The summed E-state index contributed by atoms with van der Waals surface area (Å²) in [5.41, 5.74) is 3.33. The first-order valence-electron chi connectivity index (χ1n) is 13.7. The van der Waals surface area contributed by atoms with E-state index in [4.69, 9.17) is 19.3 Å². The monoisotopic (exact) mass is 620 g/mol. The zero-order valence-corrected chi connectivity index (χ0v) is 24.2. The molecule has 0 fully saturated rings. The van der Waals surface area contributed by atoms with Gasteiger partial charge in [0.1, 0.15) is 30.5 Å². The predicted molar refractivity (Wildman–Crippen MR) is 168 cm³/mol. The number of carboxylic acid groups (broad SMARTS) is 1. The Balaban J connectivity index is 0.00000442. The Morgan fingerprint density at radius 3 is 2.27 bits per heavy atom. The van der Waals surface area contributed by atoms with Gasteiger partial charge >= 0.3 is 5.97 Å². The summed E-state index contributed by atoms with van der Waals surface area (Å²) in [6, 6.07) is 25.8. The van der Waals surface area contributed by atoms with Crippen LogP contribution in [0.3, 0.4) is 0 Å². The number of nitrogens with one attached hydrogen (secondary N) is 2. The van der Waals surface area contributed by atoms with Crippen LogP contribution >= 0.6 is 0 Å². The van der Waals surface area contributed by atoms with E-state index < -0.39 is 34.7 Å². The Hall–Kier alpha value is -4.58. The fourth-order valence-electron chi connectivity index (χ4n) is 4.61. The lowest BCUT2D eigenvalue weighted by Crippen LogP contribution is -2.35. The lowest BCUT2D eigenvalue weighted by molar-refractivity contribution is -0.139. The minimum Gasteiger partial charge on any atom is -0.492 e. The van der Waals surface area contributed by atoms with Gasteiger partial charge < -0.3 is 29.7 Å². The molecule has 4 aromatic rings. The number of hydrogen-bond acceptors (Lipinski definition) is 8. The topological polar surface area (TPSA) is 143 Å². The van der Waals surface area contributed by atoms with E-state index in [1.807, 2.05) is 43.3 Å². The van der Waals surface area contributed by atoms with Crippen molar-refractivity contribution in [2.24, 2.45) is 0 Å². The molecular weight excluding hydrogens is 584 g/mol. The number of benzene rings is 4. The Labute approximate surface area is 257 Å². The standard InChI is InChI=1S/C32H32N2O8S.CH4/c1-21(32(37)29-14-13-27-18-30(29)34-43(38,39)28-4-2-3-22(17-28)19-41-27)33-15-16-40-25-9-5-23(6-10-25)24-7-11-26(12-8-24)42-20-31(35)36;/h2-14,17-18,21,32-34,37H,15-16,19-20H2,1H3,(H,35,36);1H4/t21-,32-;/m0./s1. The first-order valence-corrected chi connectivity index (χ1v) is 15.1. The fourth-order valence-corrected chi connectivity index (χ4v) is 5.76. The molecule has 5 rings (SSSR count). The SMILES string of the molecule is C.C[C@H](NCCOc1ccc(-c2ccc(OCC(=O)O)cc2)cc1)[C@H](O)c1ccc2cc1NS(=O)(=O)c1cccc(c1)CO2. The van der Waals surface area contributed by atoms with Crippen LogP contribution in [0.25, 0.3) is 11.1 Å². The Morgan fingerprint density at radius 1 is 0.955 bits per heavy atom. The summed E-state index contributed by atoms with van der Waals surface area (Å²) in [4.78, 5) is 10.8. The van der Waals surface area contributed by atoms with E-state index in [1.54, 1.807) is 48.5 Å². The number of ether oxygens (including phenoxy) is 3. The predicted octanol–water partition coefficient (Wildman–Crippen LogP) is 5.24. The molecule has 0 aliphatic carbocycles. The van der Waals surface area contributed by atoms with E-state index >= 15 is 0 Å². The molecule has 0 saturated carbocycles. The van der Waals surface area contributed by atoms with Crippen molar-refractivity contribution in [3.8, 4) is 28.4 Å². The van der Waals surface area contributed by atoms with Crippen LogP contribution in [-0.4, -0.2) is 50.4 Å². The molecule has 1 aliphatic rings. The Kier molecular flexibility index (Phi) is 10.5. The molecule has 0 amide bonds. The highest BCUT2D eigenvalue weighted by atomic mass is 32.2. The Bertz CT molecular complexity index is 1680. The van der Waals surface area contributed by atoms with Crippen LogP contribution in [0.4, 0.5) is 5.69 Å². The first kappa shape index (κ1) is 32.3. The average molecular weight is 621 g/mol. The average Bonchev–Trinajstić information content (AvgIpc) is 3.01. The van der Waals surface area contributed by atoms with Crippen molar-refractivity contribution in [3.63, 3.8) is 0 Å². The van der Waals surface area contributed by atoms with Crippen LogP contribution in [-0.2, 0) is 21.4 Å². The molecule has 4 bridgehead atoms. The number of hydrogen-bond donors (Lipinski definition) is 4. The summed E-state index contributed by atoms with van der Waals surface area (Å²) in [5, 5.41) is 23.1. The number of anilines is 1. The van der Waals surface area contributed by atoms with Gasteiger partial charge in [0.25, 0.3) is 10.0 Å². The number of aliphatic carboxylic acids is 1. The lowest BCUT2D eigenvalue weighted by Gasteiger charge is -2.24. The molecule has 4 aromatic carbocycles. The normalized spacial score (nSPS) is 14.5. The minimum absolute atomic E-state index is 0. The van der Waals surface area contributed by atoms with Gasteiger partial charge in [0.05, 0.1) is 16.7 Å². The van der Waals surface area contributed by atoms with Crippen molar-refractivity contribution < 1.29 is 37.6 Å². The van der Waals surface area contributed by atoms with Gasteiger partial charge in [-0.2, -0.15) is 0 Å². The molecule has 1 aliphatic heterocycles. The van der Waals surface area contributed by atoms with Crippen LogP contribution in [0.5, 0.6) is 17.2 Å². The van der Waals surface area contributed by atoms with Gasteiger partial charge in [0, 0.05) is 24.2 Å². The van der Waals surface area contributed by atoms with Gasteiger partial charge in [-0.05, 0) is 66.1 Å². The number of sulfonamides is 1. The highest BCUT2D eigenvalue weighted by Gasteiger charge is 2.24.